The van der Waals surface area contributed by atoms with Crippen molar-refractivity contribution in [1.82, 2.24) is 9.80 Å². The summed E-state index contributed by atoms with van der Waals surface area (Å²) < 4.78 is 44.2. The van der Waals surface area contributed by atoms with E-state index in [1.807, 2.05) is 19.1 Å². The highest BCUT2D eigenvalue weighted by molar-refractivity contribution is 8.00. The first kappa shape index (κ1) is 24.3. The monoisotopic (exact) mass is 493 g/mol. The van der Waals surface area contributed by atoms with E-state index < -0.39 is 16.6 Å². The van der Waals surface area contributed by atoms with Gasteiger partial charge >= 0.3 is 12.2 Å². The molecule has 2 heterocycles. The van der Waals surface area contributed by atoms with Crippen molar-refractivity contribution in [3.8, 4) is 5.75 Å². The molecule has 0 unspecified atom stereocenters. The number of urea groups is 1. The van der Waals surface area contributed by atoms with Crippen molar-refractivity contribution in [2.45, 2.75) is 30.8 Å². The zero-order valence-corrected chi connectivity index (χ0v) is 19.5. The highest BCUT2D eigenvalue weighted by Gasteiger charge is 2.47. The summed E-state index contributed by atoms with van der Waals surface area (Å²) in [5.41, 5.74) is 0.0614. The fourth-order valence-corrected chi connectivity index (χ4v) is 5.83. The molecule has 1 N–H and O–H groups in total. The third kappa shape index (κ3) is 4.96. The van der Waals surface area contributed by atoms with Crippen molar-refractivity contribution < 1.29 is 27.5 Å². The molecule has 2 aromatic rings. The fraction of sp³-hybridized carbons (Fsp3) is 0.417. The average Bonchev–Trinajstić information content (AvgIpc) is 3.22. The standard InChI is InChI=1S/C24H26F3N3O3S/c1-2-33-20-6-4-3-5-19(20)28-22(32)29-13-11-23(12-14-29)30(15-16-34-23)21(31)17-7-9-18(10-8-17)24(25,26)27/h3-10H,2,11-16H2,1H3,(H,28,32). The third-order valence-electron chi connectivity index (χ3n) is 6.14. The number of likely N-dealkylation sites (tertiary alicyclic amines) is 1. The van der Waals surface area contributed by atoms with Gasteiger partial charge in [0.05, 0.1) is 22.7 Å². The number of para-hydroxylation sites is 2. The molecule has 2 saturated heterocycles. The maximum absolute atomic E-state index is 13.2. The van der Waals surface area contributed by atoms with E-state index in [0.717, 1.165) is 17.9 Å². The first-order valence-electron chi connectivity index (χ1n) is 11.1. The van der Waals surface area contributed by atoms with Crippen LogP contribution in [0.3, 0.4) is 0 Å². The van der Waals surface area contributed by atoms with E-state index in [4.69, 9.17) is 4.74 Å². The molecular formula is C24H26F3N3O3S. The van der Waals surface area contributed by atoms with Crippen LogP contribution in [0.15, 0.2) is 48.5 Å². The van der Waals surface area contributed by atoms with Gasteiger partial charge in [0.1, 0.15) is 5.75 Å². The van der Waals surface area contributed by atoms with Crippen LogP contribution in [0.1, 0.15) is 35.7 Å². The van der Waals surface area contributed by atoms with Gasteiger partial charge in [0.25, 0.3) is 5.91 Å². The van der Waals surface area contributed by atoms with Crippen LogP contribution in [0.5, 0.6) is 5.75 Å². The van der Waals surface area contributed by atoms with Crippen molar-refractivity contribution in [3.63, 3.8) is 0 Å². The van der Waals surface area contributed by atoms with Crippen molar-refractivity contribution in [2.75, 3.05) is 37.3 Å². The predicted molar refractivity (Wildman–Crippen MR) is 125 cm³/mol. The van der Waals surface area contributed by atoms with Crippen molar-refractivity contribution in [1.29, 1.82) is 0 Å². The second-order valence-corrected chi connectivity index (χ2v) is 9.63. The van der Waals surface area contributed by atoms with Crippen LogP contribution in [-0.2, 0) is 6.18 Å². The molecule has 10 heteroatoms. The lowest BCUT2D eigenvalue weighted by Crippen LogP contribution is -2.54. The molecule has 34 heavy (non-hydrogen) atoms. The predicted octanol–water partition coefficient (Wildman–Crippen LogP) is 5.32. The Balaban J connectivity index is 1.41. The van der Waals surface area contributed by atoms with E-state index in [0.29, 0.717) is 50.5 Å². The summed E-state index contributed by atoms with van der Waals surface area (Å²) >= 11 is 1.68. The summed E-state index contributed by atoms with van der Waals surface area (Å²) in [6.07, 6.45) is -3.27. The van der Waals surface area contributed by atoms with Gasteiger partial charge in [-0.2, -0.15) is 13.2 Å². The van der Waals surface area contributed by atoms with Gasteiger partial charge in [-0.25, -0.2) is 4.79 Å². The highest BCUT2D eigenvalue weighted by Crippen LogP contribution is 2.44. The molecule has 0 saturated carbocycles. The summed E-state index contributed by atoms with van der Waals surface area (Å²) in [5.74, 6) is 1.08. The summed E-state index contributed by atoms with van der Waals surface area (Å²) in [4.78, 5) is 29.0. The number of ether oxygens (including phenoxy) is 1. The van der Waals surface area contributed by atoms with Crippen LogP contribution in [0.25, 0.3) is 0 Å². The zero-order valence-electron chi connectivity index (χ0n) is 18.7. The van der Waals surface area contributed by atoms with Gasteiger partial charge in [0.15, 0.2) is 0 Å². The summed E-state index contributed by atoms with van der Waals surface area (Å²) in [6, 6.07) is 11.4. The first-order chi connectivity index (χ1) is 16.2. The Hall–Kier alpha value is -2.88. The first-order valence-corrected chi connectivity index (χ1v) is 12.1. The Morgan fingerprint density at radius 3 is 2.38 bits per heavy atom. The molecule has 0 aromatic heterocycles. The Morgan fingerprint density at radius 1 is 1.06 bits per heavy atom. The molecule has 0 bridgehead atoms. The maximum Gasteiger partial charge on any atom is 0.416 e. The van der Waals surface area contributed by atoms with Gasteiger partial charge in [0.2, 0.25) is 0 Å². The van der Waals surface area contributed by atoms with Crippen LogP contribution in [0.2, 0.25) is 0 Å². The van der Waals surface area contributed by atoms with Crippen LogP contribution in [0.4, 0.5) is 23.7 Å². The van der Waals surface area contributed by atoms with Crippen LogP contribution < -0.4 is 10.1 Å². The lowest BCUT2D eigenvalue weighted by atomic mass is 10.0. The second kappa shape index (κ2) is 9.77. The van der Waals surface area contributed by atoms with Gasteiger partial charge in [-0.1, -0.05) is 12.1 Å². The smallest absolute Gasteiger partial charge is 0.416 e. The minimum Gasteiger partial charge on any atom is -0.492 e. The number of carbonyl (C=O) groups excluding carboxylic acids is 2. The number of carbonyl (C=O) groups is 2. The summed E-state index contributed by atoms with van der Waals surface area (Å²) in [5, 5.41) is 2.90. The Bertz CT molecular complexity index is 1040. The third-order valence-corrected chi connectivity index (χ3v) is 7.69. The van der Waals surface area contributed by atoms with E-state index in [1.54, 1.807) is 33.7 Å². The normalized spacial score (nSPS) is 17.6. The minimum absolute atomic E-state index is 0.231. The van der Waals surface area contributed by atoms with Crippen LogP contribution in [-0.4, -0.2) is 58.6 Å². The van der Waals surface area contributed by atoms with E-state index in [1.165, 1.54) is 12.1 Å². The molecule has 0 aliphatic carbocycles. The van der Waals surface area contributed by atoms with Gasteiger partial charge in [-0.05, 0) is 56.2 Å². The number of hydrogen-bond acceptors (Lipinski definition) is 4. The Morgan fingerprint density at radius 2 is 1.74 bits per heavy atom. The number of anilines is 1. The van der Waals surface area contributed by atoms with Crippen molar-refractivity contribution in [2.24, 2.45) is 0 Å². The van der Waals surface area contributed by atoms with Crippen LogP contribution in [0, 0.1) is 0 Å². The molecule has 2 fully saturated rings. The van der Waals surface area contributed by atoms with Crippen molar-refractivity contribution >= 4 is 29.4 Å². The number of hydrogen-bond donors (Lipinski definition) is 1. The summed E-state index contributed by atoms with van der Waals surface area (Å²) in [6.45, 7) is 3.82. The molecule has 2 aromatic carbocycles. The molecule has 1 spiro atoms. The molecule has 3 amide bonds. The van der Waals surface area contributed by atoms with Gasteiger partial charge in [-0.15, -0.1) is 11.8 Å². The Kier molecular flexibility index (Phi) is 6.97. The van der Waals surface area contributed by atoms with Gasteiger partial charge < -0.3 is 19.9 Å². The largest absolute Gasteiger partial charge is 0.492 e. The zero-order chi connectivity index (χ0) is 24.3. The molecule has 2 aliphatic rings. The molecule has 6 nitrogen and oxygen atoms in total. The number of piperidine rings is 1. The average molecular weight is 494 g/mol. The minimum atomic E-state index is -4.44. The lowest BCUT2D eigenvalue weighted by Gasteiger charge is -2.44. The second-order valence-electron chi connectivity index (χ2n) is 8.17. The fourth-order valence-electron chi connectivity index (χ4n) is 4.37. The SMILES string of the molecule is CCOc1ccccc1NC(=O)N1CCC2(CC1)SCCN2C(=O)c1ccc(C(F)(F)F)cc1. The molecule has 0 atom stereocenters. The lowest BCUT2D eigenvalue weighted by molar-refractivity contribution is -0.137. The number of rotatable bonds is 4. The maximum atomic E-state index is 13.2. The van der Waals surface area contributed by atoms with Crippen molar-refractivity contribution in [3.05, 3.63) is 59.7 Å². The number of thioether (sulfide) groups is 1. The van der Waals surface area contributed by atoms with Gasteiger partial charge in [-0.3, -0.25) is 4.79 Å². The molecule has 2 aliphatic heterocycles. The number of alkyl halides is 3. The number of nitrogens with one attached hydrogen (secondary N) is 1. The molecule has 4 rings (SSSR count). The number of halogens is 3. The molecule has 182 valence electrons. The van der Waals surface area contributed by atoms with E-state index in [2.05, 4.69) is 5.32 Å². The number of benzene rings is 2. The highest BCUT2D eigenvalue weighted by atomic mass is 32.2. The van der Waals surface area contributed by atoms with Gasteiger partial charge in [0, 0.05) is 31.0 Å². The van der Waals surface area contributed by atoms with Crippen LogP contribution >= 0.6 is 11.8 Å². The molecular weight excluding hydrogens is 467 g/mol. The summed E-state index contributed by atoms with van der Waals surface area (Å²) in [7, 11) is 0. The van der Waals surface area contributed by atoms with E-state index in [-0.39, 0.29) is 17.5 Å². The molecule has 0 radical (unpaired) electrons. The number of amides is 3. The number of nitrogens with zero attached hydrogens (tertiary/aromatic N) is 2. The van der Waals surface area contributed by atoms with E-state index in [9.17, 15) is 22.8 Å². The quantitative estimate of drug-likeness (QED) is 0.627. The topological polar surface area (TPSA) is 61.9 Å². The Labute approximate surface area is 200 Å². The van der Waals surface area contributed by atoms with E-state index >= 15 is 0 Å².